The number of benzene rings is 1. The first-order valence-corrected chi connectivity index (χ1v) is 7.41. The van der Waals surface area contributed by atoms with Crippen LogP contribution in [0.1, 0.15) is 32.4 Å². The smallest absolute Gasteiger partial charge is 0.222 e. The molecule has 0 aliphatic heterocycles. The number of carbonyl (C=O) groups is 1. The lowest BCUT2D eigenvalue weighted by Gasteiger charge is -2.06. The van der Waals surface area contributed by atoms with Crippen LogP contribution in [0.2, 0.25) is 0 Å². The van der Waals surface area contributed by atoms with Crippen molar-refractivity contribution in [2.75, 3.05) is 6.54 Å². The maximum Gasteiger partial charge on any atom is 0.222 e. The minimum Gasteiger partial charge on any atom is -0.356 e. The third-order valence-corrected chi connectivity index (χ3v) is 3.24. The Labute approximate surface area is 125 Å². The van der Waals surface area contributed by atoms with Crippen LogP contribution in [0.4, 0.5) is 0 Å². The second-order valence-electron chi connectivity index (χ2n) is 5.39. The van der Waals surface area contributed by atoms with Crippen LogP contribution < -0.4 is 5.32 Å². The van der Waals surface area contributed by atoms with E-state index >= 15 is 0 Å². The number of para-hydroxylation sites is 1. The monoisotopic (exact) mass is 286 g/mol. The minimum absolute atomic E-state index is 0.0516. The zero-order valence-corrected chi connectivity index (χ0v) is 12.6. The van der Waals surface area contributed by atoms with E-state index in [1.807, 2.05) is 50.4 Å². The average Bonchev–Trinajstić information content (AvgIpc) is 2.96. The van der Waals surface area contributed by atoms with Gasteiger partial charge >= 0.3 is 0 Å². The number of nitrogens with zero attached hydrogens (tertiary/aromatic N) is 3. The molecule has 0 atom stereocenters. The van der Waals surface area contributed by atoms with Gasteiger partial charge in [-0.2, -0.15) is 0 Å². The summed E-state index contributed by atoms with van der Waals surface area (Å²) in [6.45, 7) is 4.53. The van der Waals surface area contributed by atoms with Gasteiger partial charge in [0.1, 0.15) is 0 Å². The molecule has 2 rings (SSSR count). The van der Waals surface area contributed by atoms with E-state index in [4.69, 9.17) is 0 Å². The molecule has 0 saturated carbocycles. The summed E-state index contributed by atoms with van der Waals surface area (Å²) >= 11 is 0. The Morgan fingerprint density at radius 2 is 2.00 bits per heavy atom. The van der Waals surface area contributed by atoms with Crippen LogP contribution in [0.3, 0.4) is 0 Å². The molecule has 0 aliphatic carbocycles. The normalized spacial score (nSPS) is 10.8. The van der Waals surface area contributed by atoms with Crippen molar-refractivity contribution in [3.63, 3.8) is 0 Å². The molecule has 5 nitrogen and oxygen atoms in total. The third kappa shape index (κ3) is 4.70. The van der Waals surface area contributed by atoms with E-state index < -0.39 is 0 Å². The summed E-state index contributed by atoms with van der Waals surface area (Å²) < 4.78 is 1.79. The van der Waals surface area contributed by atoms with Crippen LogP contribution in [0.15, 0.2) is 36.5 Å². The first kappa shape index (κ1) is 15.2. The summed E-state index contributed by atoms with van der Waals surface area (Å²) in [6, 6.07) is 9.94. The third-order valence-electron chi connectivity index (χ3n) is 3.24. The van der Waals surface area contributed by atoms with Crippen LogP contribution in [0, 0.1) is 5.92 Å². The van der Waals surface area contributed by atoms with Gasteiger partial charge in [-0.3, -0.25) is 4.79 Å². The SMILES string of the molecule is CC(C)C(=O)NCCCCc1cn(-c2ccccc2)nn1. The summed E-state index contributed by atoms with van der Waals surface area (Å²) in [5.74, 6) is 0.167. The van der Waals surface area contributed by atoms with E-state index in [0.29, 0.717) is 0 Å². The van der Waals surface area contributed by atoms with E-state index in [0.717, 1.165) is 37.2 Å². The van der Waals surface area contributed by atoms with Gasteiger partial charge in [0, 0.05) is 12.5 Å². The number of nitrogens with one attached hydrogen (secondary N) is 1. The number of aryl methyl sites for hydroxylation is 1. The average molecular weight is 286 g/mol. The van der Waals surface area contributed by atoms with Crippen molar-refractivity contribution >= 4 is 5.91 Å². The zero-order valence-electron chi connectivity index (χ0n) is 12.6. The molecule has 5 heteroatoms. The molecule has 0 unspecified atom stereocenters. The lowest BCUT2D eigenvalue weighted by molar-refractivity contribution is -0.123. The highest BCUT2D eigenvalue weighted by atomic mass is 16.1. The molecular formula is C16H22N4O. The van der Waals surface area contributed by atoms with Gasteiger partial charge in [-0.05, 0) is 31.4 Å². The molecule has 21 heavy (non-hydrogen) atoms. The molecule has 0 bridgehead atoms. The van der Waals surface area contributed by atoms with Gasteiger partial charge in [0.25, 0.3) is 0 Å². The molecule has 0 saturated heterocycles. The summed E-state index contributed by atoms with van der Waals surface area (Å²) in [4.78, 5) is 11.4. The van der Waals surface area contributed by atoms with Crippen LogP contribution in [0.5, 0.6) is 0 Å². The van der Waals surface area contributed by atoms with Crippen molar-refractivity contribution < 1.29 is 4.79 Å². The maximum absolute atomic E-state index is 11.4. The van der Waals surface area contributed by atoms with E-state index in [2.05, 4.69) is 15.6 Å². The van der Waals surface area contributed by atoms with Gasteiger partial charge in [-0.15, -0.1) is 5.10 Å². The van der Waals surface area contributed by atoms with Gasteiger partial charge in [0.15, 0.2) is 0 Å². The molecule has 1 heterocycles. The van der Waals surface area contributed by atoms with Gasteiger partial charge in [-0.1, -0.05) is 37.3 Å². The Morgan fingerprint density at radius 1 is 1.24 bits per heavy atom. The number of hydrogen-bond acceptors (Lipinski definition) is 3. The lowest BCUT2D eigenvalue weighted by atomic mass is 10.2. The summed E-state index contributed by atoms with van der Waals surface area (Å²) in [5.41, 5.74) is 1.99. The van der Waals surface area contributed by atoms with E-state index in [1.54, 1.807) is 4.68 Å². The van der Waals surface area contributed by atoms with Crippen LogP contribution in [-0.4, -0.2) is 27.4 Å². The van der Waals surface area contributed by atoms with E-state index in [-0.39, 0.29) is 11.8 Å². The number of rotatable bonds is 7. The van der Waals surface area contributed by atoms with Crippen molar-refractivity contribution in [3.05, 3.63) is 42.2 Å². The number of hydrogen-bond donors (Lipinski definition) is 1. The van der Waals surface area contributed by atoms with Crippen LogP contribution in [0.25, 0.3) is 5.69 Å². The fraction of sp³-hybridized carbons (Fsp3) is 0.438. The molecule has 1 N–H and O–H groups in total. The standard InChI is InChI=1S/C16H22N4O/c1-13(2)16(21)17-11-7-6-8-14-12-20(19-18-14)15-9-4-3-5-10-15/h3-5,9-10,12-13H,6-8,11H2,1-2H3,(H,17,21). The maximum atomic E-state index is 11.4. The Hall–Kier alpha value is -2.17. The molecule has 112 valence electrons. The topological polar surface area (TPSA) is 59.8 Å². The highest BCUT2D eigenvalue weighted by molar-refractivity contribution is 5.77. The molecular weight excluding hydrogens is 264 g/mol. The number of aromatic nitrogens is 3. The van der Waals surface area contributed by atoms with Crippen LogP contribution >= 0.6 is 0 Å². The van der Waals surface area contributed by atoms with Crippen molar-refractivity contribution in [1.82, 2.24) is 20.3 Å². The molecule has 2 aromatic rings. The molecule has 0 radical (unpaired) electrons. The van der Waals surface area contributed by atoms with Crippen molar-refractivity contribution in [2.45, 2.75) is 33.1 Å². The highest BCUT2D eigenvalue weighted by Crippen LogP contribution is 2.07. The fourth-order valence-corrected chi connectivity index (χ4v) is 1.97. The Balaban J connectivity index is 1.73. The highest BCUT2D eigenvalue weighted by Gasteiger charge is 2.05. The number of amides is 1. The van der Waals surface area contributed by atoms with Gasteiger partial charge in [0.05, 0.1) is 17.6 Å². The molecule has 1 aromatic carbocycles. The molecule has 1 aromatic heterocycles. The Bertz CT molecular complexity index is 563. The number of carbonyl (C=O) groups excluding carboxylic acids is 1. The number of unbranched alkanes of at least 4 members (excludes halogenated alkanes) is 1. The quantitative estimate of drug-likeness (QED) is 0.795. The second kappa shape index (κ2) is 7.57. The van der Waals surface area contributed by atoms with E-state index in [1.165, 1.54) is 0 Å². The van der Waals surface area contributed by atoms with Crippen LogP contribution in [-0.2, 0) is 11.2 Å². The fourth-order valence-electron chi connectivity index (χ4n) is 1.97. The first-order chi connectivity index (χ1) is 10.2. The Morgan fingerprint density at radius 3 is 2.71 bits per heavy atom. The summed E-state index contributed by atoms with van der Waals surface area (Å²) in [5, 5.41) is 11.2. The predicted octanol–water partition coefficient (Wildman–Crippen LogP) is 2.36. The van der Waals surface area contributed by atoms with Crippen molar-refractivity contribution in [1.29, 1.82) is 0 Å². The van der Waals surface area contributed by atoms with Gasteiger partial charge in [0.2, 0.25) is 5.91 Å². The zero-order chi connectivity index (χ0) is 15.1. The summed E-state index contributed by atoms with van der Waals surface area (Å²) in [6.07, 6.45) is 4.79. The van der Waals surface area contributed by atoms with Gasteiger partial charge < -0.3 is 5.32 Å². The predicted molar refractivity (Wildman–Crippen MR) is 82.1 cm³/mol. The van der Waals surface area contributed by atoms with Crippen molar-refractivity contribution in [2.24, 2.45) is 5.92 Å². The summed E-state index contributed by atoms with van der Waals surface area (Å²) in [7, 11) is 0. The van der Waals surface area contributed by atoms with E-state index in [9.17, 15) is 4.79 Å². The Kier molecular flexibility index (Phi) is 5.49. The minimum atomic E-state index is 0.0516. The van der Waals surface area contributed by atoms with Gasteiger partial charge in [-0.25, -0.2) is 4.68 Å². The largest absolute Gasteiger partial charge is 0.356 e. The second-order valence-corrected chi connectivity index (χ2v) is 5.39. The molecule has 1 amide bonds. The molecule has 0 aliphatic rings. The van der Waals surface area contributed by atoms with Crippen molar-refractivity contribution in [3.8, 4) is 5.69 Å². The lowest BCUT2D eigenvalue weighted by Crippen LogP contribution is -2.28. The first-order valence-electron chi connectivity index (χ1n) is 7.41. The molecule has 0 spiro atoms. The molecule has 0 fully saturated rings.